The third kappa shape index (κ3) is 2.33. The highest BCUT2D eigenvalue weighted by Gasteiger charge is 2.30. The van der Waals surface area contributed by atoms with E-state index in [1.807, 2.05) is 6.08 Å². The normalized spacial score (nSPS) is 27.3. The lowest BCUT2D eigenvalue weighted by Crippen LogP contribution is -2.26. The molecule has 0 fully saturated rings. The first kappa shape index (κ1) is 10.3. The van der Waals surface area contributed by atoms with Gasteiger partial charge < -0.3 is 0 Å². The Kier molecular flexibility index (Phi) is 3.13. The summed E-state index contributed by atoms with van der Waals surface area (Å²) in [5, 5.41) is 0. The summed E-state index contributed by atoms with van der Waals surface area (Å²) < 4.78 is 0. The van der Waals surface area contributed by atoms with Gasteiger partial charge in [-0.15, -0.1) is 0 Å². The van der Waals surface area contributed by atoms with Crippen LogP contribution in [0.1, 0.15) is 33.6 Å². The van der Waals surface area contributed by atoms with Gasteiger partial charge in [0, 0.05) is 5.92 Å². The van der Waals surface area contributed by atoms with E-state index < -0.39 is 0 Å². The molecule has 0 aromatic heterocycles. The second-order valence-electron chi connectivity index (χ2n) is 4.57. The van der Waals surface area contributed by atoms with E-state index in [-0.39, 0.29) is 0 Å². The van der Waals surface area contributed by atoms with Crippen molar-refractivity contribution >= 4 is 0 Å². The molecule has 0 saturated carbocycles. The van der Waals surface area contributed by atoms with Crippen molar-refractivity contribution < 1.29 is 0 Å². The van der Waals surface area contributed by atoms with Gasteiger partial charge in [0.25, 0.3) is 0 Å². The van der Waals surface area contributed by atoms with E-state index >= 15 is 0 Å². The zero-order chi connectivity index (χ0) is 9.90. The highest BCUT2D eigenvalue weighted by Crippen LogP contribution is 2.41. The van der Waals surface area contributed by atoms with Crippen LogP contribution < -0.4 is 0 Å². The summed E-state index contributed by atoms with van der Waals surface area (Å²) >= 11 is 0. The van der Waals surface area contributed by atoms with Crippen molar-refractivity contribution in [2.45, 2.75) is 33.6 Å². The summed E-state index contributed by atoms with van der Waals surface area (Å²) in [6.45, 7) is 10.6. The topological polar surface area (TPSA) is 0 Å². The molecule has 0 radical (unpaired) electrons. The molecule has 0 heterocycles. The van der Waals surface area contributed by atoms with Gasteiger partial charge in [0.15, 0.2) is 0 Å². The molecule has 1 atom stereocenters. The van der Waals surface area contributed by atoms with Crippen LogP contribution in [0.2, 0.25) is 0 Å². The molecular formula is C13H20. The SMILES string of the molecule is C=C/C=C/C1C(C)=CCCC1(C)C. The minimum Gasteiger partial charge on any atom is -0.0991 e. The van der Waals surface area contributed by atoms with Gasteiger partial charge in [0.2, 0.25) is 0 Å². The first-order valence-electron chi connectivity index (χ1n) is 5.04. The number of rotatable bonds is 2. The van der Waals surface area contributed by atoms with Crippen LogP contribution in [-0.2, 0) is 0 Å². The maximum atomic E-state index is 3.71. The smallest absolute Gasteiger partial charge is 0.00284 e. The van der Waals surface area contributed by atoms with Gasteiger partial charge in [-0.25, -0.2) is 0 Å². The lowest BCUT2D eigenvalue weighted by Gasteiger charge is -2.36. The standard InChI is InChI=1S/C13H20/c1-5-6-9-12-11(2)8-7-10-13(12,3)4/h5-6,8-9,12H,1,7,10H2,2-4H3/b9-6+. The molecule has 0 saturated heterocycles. The summed E-state index contributed by atoms with van der Waals surface area (Å²) in [4.78, 5) is 0. The molecule has 0 aromatic rings. The highest BCUT2D eigenvalue weighted by atomic mass is 14.3. The molecule has 1 rings (SSSR count). The van der Waals surface area contributed by atoms with Crippen LogP contribution in [0.3, 0.4) is 0 Å². The number of allylic oxidation sites excluding steroid dienone is 5. The van der Waals surface area contributed by atoms with Crippen LogP contribution in [0, 0.1) is 11.3 Å². The molecule has 13 heavy (non-hydrogen) atoms. The molecule has 72 valence electrons. The second-order valence-corrected chi connectivity index (χ2v) is 4.57. The van der Waals surface area contributed by atoms with Crippen LogP contribution in [0.15, 0.2) is 36.5 Å². The maximum Gasteiger partial charge on any atom is 0.00284 e. The maximum absolute atomic E-state index is 3.71. The Hall–Kier alpha value is -0.780. The summed E-state index contributed by atoms with van der Waals surface area (Å²) in [7, 11) is 0. The van der Waals surface area contributed by atoms with Gasteiger partial charge >= 0.3 is 0 Å². The van der Waals surface area contributed by atoms with Crippen LogP contribution in [0.25, 0.3) is 0 Å². The lowest BCUT2D eigenvalue weighted by molar-refractivity contribution is 0.255. The molecule has 1 aliphatic rings. The van der Waals surface area contributed by atoms with Crippen LogP contribution in [0.5, 0.6) is 0 Å². The molecule has 0 aliphatic heterocycles. The first-order chi connectivity index (χ1) is 6.08. The van der Waals surface area contributed by atoms with E-state index in [2.05, 4.69) is 45.6 Å². The monoisotopic (exact) mass is 176 g/mol. The minimum atomic E-state index is 0.415. The first-order valence-corrected chi connectivity index (χ1v) is 5.04. The Labute approximate surface area is 82.0 Å². The average molecular weight is 176 g/mol. The zero-order valence-corrected chi connectivity index (χ0v) is 9.01. The fourth-order valence-electron chi connectivity index (χ4n) is 2.17. The van der Waals surface area contributed by atoms with Crippen molar-refractivity contribution in [3.63, 3.8) is 0 Å². The largest absolute Gasteiger partial charge is 0.0991 e. The Morgan fingerprint density at radius 2 is 2.23 bits per heavy atom. The van der Waals surface area contributed by atoms with E-state index in [9.17, 15) is 0 Å². The Morgan fingerprint density at radius 1 is 1.54 bits per heavy atom. The van der Waals surface area contributed by atoms with Crippen LogP contribution in [0.4, 0.5) is 0 Å². The van der Waals surface area contributed by atoms with Crippen molar-refractivity contribution in [1.29, 1.82) is 0 Å². The predicted octanol–water partition coefficient (Wildman–Crippen LogP) is 4.11. The number of hydrogen-bond acceptors (Lipinski definition) is 0. The fraction of sp³-hybridized carbons (Fsp3) is 0.538. The molecular weight excluding hydrogens is 156 g/mol. The van der Waals surface area contributed by atoms with Crippen molar-refractivity contribution in [3.05, 3.63) is 36.5 Å². The van der Waals surface area contributed by atoms with E-state index in [4.69, 9.17) is 0 Å². The Morgan fingerprint density at radius 3 is 2.77 bits per heavy atom. The third-order valence-corrected chi connectivity index (χ3v) is 3.03. The summed E-state index contributed by atoms with van der Waals surface area (Å²) in [5.41, 5.74) is 1.92. The summed E-state index contributed by atoms with van der Waals surface area (Å²) in [6.07, 6.45) is 11.1. The van der Waals surface area contributed by atoms with Gasteiger partial charge in [-0.1, -0.05) is 50.3 Å². The second kappa shape index (κ2) is 3.95. The van der Waals surface area contributed by atoms with E-state index in [0.29, 0.717) is 11.3 Å². The Balaban J connectivity index is 2.87. The summed E-state index contributed by atoms with van der Waals surface area (Å²) in [5.74, 6) is 0.597. The van der Waals surface area contributed by atoms with E-state index in [1.165, 1.54) is 18.4 Å². The third-order valence-electron chi connectivity index (χ3n) is 3.03. The van der Waals surface area contributed by atoms with E-state index in [0.717, 1.165) is 0 Å². The molecule has 0 N–H and O–H groups in total. The number of hydrogen-bond donors (Lipinski definition) is 0. The highest BCUT2D eigenvalue weighted by molar-refractivity contribution is 5.20. The van der Waals surface area contributed by atoms with Crippen LogP contribution >= 0.6 is 0 Å². The van der Waals surface area contributed by atoms with Crippen LogP contribution in [-0.4, -0.2) is 0 Å². The summed E-state index contributed by atoms with van der Waals surface area (Å²) in [6, 6.07) is 0. The molecule has 0 nitrogen and oxygen atoms in total. The van der Waals surface area contributed by atoms with Gasteiger partial charge in [-0.05, 0) is 25.2 Å². The quantitative estimate of drug-likeness (QED) is 0.439. The van der Waals surface area contributed by atoms with Gasteiger partial charge in [-0.3, -0.25) is 0 Å². The van der Waals surface area contributed by atoms with Crippen molar-refractivity contribution in [2.75, 3.05) is 0 Å². The molecule has 1 unspecified atom stereocenters. The molecule has 0 heteroatoms. The van der Waals surface area contributed by atoms with Crippen molar-refractivity contribution in [2.24, 2.45) is 11.3 Å². The molecule has 0 aromatic carbocycles. The van der Waals surface area contributed by atoms with Gasteiger partial charge in [0.1, 0.15) is 0 Å². The molecule has 0 bridgehead atoms. The average Bonchev–Trinajstić information content (AvgIpc) is 2.02. The minimum absolute atomic E-state index is 0.415. The van der Waals surface area contributed by atoms with E-state index in [1.54, 1.807) is 0 Å². The molecule has 0 spiro atoms. The zero-order valence-electron chi connectivity index (χ0n) is 9.01. The Bertz CT molecular complexity index is 241. The molecule has 1 aliphatic carbocycles. The predicted molar refractivity (Wildman–Crippen MR) is 59.6 cm³/mol. The molecule has 0 amide bonds. The van der Waals surface area contributed by atoms with Crippen molar-refractivity contribution in [1.82, 2.24) is 0 Å². The van der Waals surface area contributed by atoms with Gasteiger partial charge in [0.05, 0.1) is 0 Å². The fourth-order valence-corrected chi connectivity index (χ4v) is 2.17. The van der Waals surface area contributed by atoms with Gasteiger partial charge in [-0.2, -0.15) is 0 Å². The lowest BCUT2D eigenvalue weighted by atomic mass is 9.68. The van der Waals surface area contributed by atoms with Crippen molar-refractivity contribution in [3.8, 4) is 0 Å².